The monoisotopic (exact) mass is 363 g/mol. The van der Waals surface area contributed by atoms with E-state index in [2.05, 4.69) is 29.9 Å². The molecule has 0 bridgehead atoms. The standard InChI is InChI=1S/C19H21N7O/c1-13-11-16(27-24-13)15-12-22-19(23-17(15)14-3-4-14)26-9-7-25(8-10-26)18-20-5-2-6-21-18/h2,5-6,11-12,14H,3-4,7-10H2,1H3. The first-order valence-corrected chi connectivity index (χ1v) is 9.35. The van der Waals surface area contributed by atoms with Gasteiger partial charge in [-0.2, -0.15) is 0 Å². The molecule has 5 rings (SSSR count). The number of hydrogen-bond acceptors (Lipinski definition) is 8. The highest BCUT2D eigenvalue weighted by Gasteiger charge is 2.31. The third-order valence-corrected chi connectivity index (χ3v) is 5.06. The van der Waals surface area contributed by atoms with Crippen LogP contribution in [0.4, 0.5) is 11.9 Å². The molecular formula is C19H21N7O. The van der Waals surface area contributed by atoms with Crippen molar-refractivity contribution in [3.63, 3.8) is 0 Å². The lowest BCUT2D eigenvalue weighted by molar-refractivity contribution is 0.426. The fourth-order valence-electron chi connectivity index (χ4n) is 3.45. The Hall–Kier alpha value is -3.03. The van der Waals surface area contributed by atoms with Crippen molar-refractivity contribution >= 4 is 11.9 Å². The molecule has 1 aliphatic carbocycles. The number of nitrogens with zero attached hydrogens (tertiary/aromatic N) is 7. The van der Waals surface area contributed by atoms with Gasteiger partial charge in [-0.3, -0.25) is 0 Å². The Morgan fingerprint density at radius 1 is 0.963 bits per heavy atom. The van der Waals surface area contributed by atoms with Gasteiger partial charge in [0.2, 0.25) is 11.9 Å². The van der Waals surface area contributed by atoms with E-state index in [1.54, 1.807) is 12.4 Å². The lowest BCUT2D eigenvalue weighted by Gasteiger charge is -2.34. The van der Waals surface area contributed by atoms with Crippen LogP contribution < -0.4 is 9.80 Å². The summed E-state index contributed by atoms with van der Waals surface area (Å²) in [5.41, 5.74) is 2.93. The minimum atomic E-state index is 0.506. The highest BCUT2D eigenvalue weighted by molar-refractivity contribution is 5.62. The van der Waals surface area contributed by atoms with Crippen LogP contribution in [-0.2, 0) is 0 Å². The molecule has 0 spiro atoms. The van der Waals surface area contributed by atoms with Crippen molar-refractivity contribution in [3.8, 4) is 11.3 Å². The highest BCUT2D eigenvalue weighted by Crippen LogP contribution is 2.43. The van der Waals surface area contributed by atoms with Crippen LogP contribution in [0.25, 0.3) is 11.3 Å². The van der Waals surface area contributed by atoms with Gasteiger partial charge in [0.1, 0.15) is 0 Å². The van der Waals surface area contributed by atoms with Gasteiger partial charge in [0.15, 0.2) is 5.76 Å². The zero-order valence-corrected chi connectivity index (χ0v) is 15.2. The molecule has 27 heavy (non-hydrogen) atoms. The fourth-order valence-corrected chi connectivity index (χ4v) is 3.45. The van der Waals surface area contributed by atoms with Gasteiger partial charge >= 0.3 is 0 Å². The summed E-state index contributed by atoms with van der Waals surface area (Å²) in [5.74, 6) is 2.84. The van der Waals surface area contributed by atoms with E-state index in [0.29, 0.717) is 5.92 Å². The largest absolute Gasteiger partial charge is 0.356 e. The number of aryl methyl sites for hydroxylation is 1. The average molecular weight is 363 g/mol. The Labute approximate surface area is 157 Å². The second-order valence-corrected chi connectivity index (χ2v) is 7.10. The Kier molecular flexibility index (Phi) is 3.95. The van der Waals surface area contributed by atoms with E-state index < -0.39 is 0 Å². The lowest BCUT2D eigenvalue weighted by atomic mass is 10.1. The Morgan fingerprint density at radius 3 is 2.30 bits per heavy atom. The molecule has 3 aromatic rings. The first kappa shape index (κ1) is 16.2. The molecule has 1 aliphatic heterocycles. The van der Waals surface area contributed by atoms with Crippen LogP contribution in [-0.4, -0.2) is 51.3 Å². The Morgan fingerprint density at radius 2 is 1.67 bits per heavy atom. The molecular weight excluding hydrogens is 342 g/mol. The van der Waals surface area contributed by atoms with Gasteiger partial charge in [-0.05, 0) is 25.8 Å². The van der Waals surface area contributed by atoms with Gasteiger partial charge in [-0.25, -0.2) is 19.9 Å². The second-order valence-electron chi connectivity index (χ2n) is 7.10. The van der Waals surface area contributed by atoms with E-state index in [1.807, 2.05) is 25.3 Å². The molecule has 0 atom stereocenters. The number of piperazine rings is 1. The molecule has 1 saturated heterocycles. The summed E-state index contributed by atoms with van der Waals surface area (Å²) in [6.45, 7) is 5.34. The minimum Gasteiger partial charge on any atom is -0.356 e. The minimum absolute atomic E-state index is 0.506. The molecule has 0 amide bonds. The highest BCUT2D eigenvalue weighted by atomic mass is 16.5. The van der Waals surface area contributed by atoms with Crippen LogP contribution in [0, 0.1) is 6.92 Å². The molecule has 8 nitrogen and oxygen atoms in total. The molecule has 0 unspecified atom stereocenters. The van der Waals surface area contributed by atoms with Crippen molar-refractivity contribution in [2.24, 2.45) is 0 Å². The van der Waals surface area contributed by atoms with Crippen LogP contribution in [0.2, 0.25) is 0 Å². The second kappa shape index (κ2) is 6.61. The topological polar surface area (TPSA) is 84.1 Å². The maximum Gasteiger partial charge on any atom is 0.225 e. The van der Waals surface area contributed by atoms with Crippen LogP contribution in [0.15, 0.2) is 35.2 Å². The zero-order chi connectivity index (χ0) is 18.2. The lowest BCUT2D eigenvalue weighted by Crippen LogP contribution is -2.47. The molecule has 4 heterocycles. The number of aromatic nitrogens is 5. The molecule has 2 fully saturated rings. The summed E-state index contributed by atoms with van der Waals surface area (Å²) in [6, 6.07) is 3.79. The van der Waals surface area contributed by atoms with Crippen molar-refractivity contribution in [3.05, 3.63) is 42.1 Å². The summed E-state index contributed by atoms with van der Waals surface area (Å²) < 4.78 is 5.45. The predicted molar refractivity (Wildman–Crippen MR) is 101 cm³/mol. The Balaban J connectivity index is 1.36. The van der Waals surface area contributed by atoms with Gasteiger partial charge in [0, 0.05) is 56.8 Å². The number of rotatable bonds is 4. The van der Waals surface area contributed by atoms with E-state index in [-0.39, 0.29) is 0 Å². The first-order valence-electron chi connectivity index (χ1n) is 9.35. The molecule has 0 aromatic carbocycles. The van der Waals surface area contributed by atoms with Crippen molar-refractivity contribution in [1.29, 1.82) is 0 Å². The van der Waals surface area contributed by atoms with E-state index in [4.69, 9.17) is 9.51 Å². The van der Waals surface area contributed by atoms with Crippen molar-refractivity contribution in [2.75, 3.05) is 36.0 Å². The van der Waals surface area contributed by atoms with Crippen LogP contribution in [0.5, 0.6) is 0 Å². The van der Waals surface area contributed by atoms with E-state index in [0.717, 1.165) is 60.8 Å². The van der Waals surface area contributed by atoms with Gasteiger partial charge in [0.05, 0.1) is 17.0 Å². The smallest absolute Gasteiger partial charge is 0.225 e. The molecule has 2 aliphatic rings. The van der Waals surface area contributed by atoms with Crippen molar-refractivity contribution in [2.45, 2.75) is 25.7 Å². The molecule has 0 radical (unpaired) electrons. The SMILES string of the molecule is Cc1cc(-c2cnc(N3CCN(c4ncccn4)CC3)nc2C2CC2)on1. The summed E-state index contributed by atoms with van der Waals surface area (Å²) in [4.78, 5) is 22.7. The normalized spacial score (nSPS) is 17.4. The van der Waals surface area contributed by atoms with Gasteiger partial charge < -0.3 is 14.3 Å². The van der Waals surface area contributed by atoms with Crippen molar-refractivity contribution in [1.82, 2.24) is 25.1 Å². The zero-order valence-electron chi connectivity index (χ0n) is 15.2. The number of anilines is 2. The fraction of sp³-hybridized carbons (Fsp3) is 0.421. The van der Waals surface area contributed by atoms with Gasteiger partial charge in [-0.15, -0.1) is 0 Å². The third-order valence-electron chi connectivity index (χ3n) is 5.06. The molecule has 8 heteroatoms. The summed E-state index contributed by atoms with van der Waals surface area (Å²) in [6.07, 6.45) is 7.81. The van der Waals surface area contributed by atoms with Gasteiger partial charge in [0.25, 0.3) is 0 Å². The molecule has 3 aromatic heterocycles. The molecule has 0 N–H and O–H groups in total. The quantitative estimate of drug-likeness (QED) is 0.699. The summed E-state index contributed by atoms with van der Waals surface area (Å²) in [5, 5.41) is 4.00. The number of hydrogen-bond donors (Lipinski definition) is 0. The Bertz CT molecular complexity index is 930. The van der Waals surface area contributed by atoms with Gasteiger partial charge in [-0.1, -0.05) is 5.16 Å². The van der Waals surface area contributed by atoms with Crippen LogP contribution >= 0.6 is 0 Å². The average Bonchev–Trinajstić information content (AvgIpc) is 3.49. The van der Waals surface area contributed by atoms with Crippen LogP contribution in [0.1, 0.15) is 30.1 Å². The maximum atomic E-state index is 5.45. The summed E-state index contributed by atoms with van der Waals surface area (Å²) >= 11 is 0. The van der Waals surface area contributed by atoms with E-state index >= 15 is 0 Å². The third kappa shape index (κ3) is 3.22. The predicted octanol–water partition coefficient (Wildman–Crippen LogP) is 2.43. The van der Waals surface area contributed by atoms with Crippen molar-refractivity contribution < 1.29 is 4.52 Å². The van der Waals surface area contributed by atoms with E-state index in [1.165, 1.54) is 12.8 Å². The van der Waals surface area contributed by atoms with E-state index in [9.17, 15) is 0 Å². The summed E-state index contributed by atoms with van der Waals surface area (Å²) in [7, 11) is 0. The molecule has 138 valence electrons. The maximum absolute atomic E-state index is 5.45. The first-order chi connectivity index (χ1) is 13.3. The molecule has 1 saturated carbocycles. The van der Waals surface area contributed by atoms with Crippen LogP contribution in [0.3, 0.4) is 0 Å².